The Kier molecular flexibility index (Phi) is 4.77. The van der Waals surface area contributed by atoms with E-state index < -0.39 is 17.7 Å². The minimum Gasteiger partial charge on any atom is -0.384 e. The van der Waals surface area contributed by atoms with Gasteiger partial charge in [-0.15, -0.1) is 0 Å². The van der Waals surface area contributed by atoms with Crippen LogP contribution in [0.1, 0.15) is 31.7 Å². The molecule has 3 rings (SSSR count). The van der Waals surface area contributed by atoms with E-state index in [4.69, 9.17) is 0 Å². The second-order valence-electron chi connectivity index (χ2n) is 7.21. The van der Waals surface area contributed by atoms with Gasteiger partial charge in [0.1, 0.15) is 17.7 Å². The van der Waals surface area contributed by atoms with E-state index in [1.165, 1.54) is 19.1 Å². The first-order valence-corrected chi connectivity index (χ1v) is 8.48. The zero-order valence-electron chi connectivity index (χ0n) is 14.2. The van der Waals surface area contributed by atoms with Crippen molar-refractivity contribution in [2.24, 2.45) is 5.41 Å². The highest BCUT2D eigenvalue weighted by molar-refractivity contribution is 5.81. The lowest BCUT2D eigenvalue weighted by Crippen LogP contribution is -2.47. The highest BCUT2D eigenvalue weighted by Crippen LogP contribution is 2.41. The molecule has 0 unspecified atom stereocenters. The van der Waals surface area contributed by atoms with Crippen LogP contribution in [0.25, 0.3) is 0 Å². The lowest BCUT2D eigenvalue weighted by Gasteiger charge is -2.39. The molecule has 2 fully saturated rings. The minimum absolute atomic E-state index is 0.0278. The number of nitrogens with zero attached hydrogens (tertiary/aromatic N) is 2. The molecule has 25 heavy (non-hydrogen) atoms. The average molecular weight is 352 g/mol. The van der Waals surface area contributed by atoms with Crippen molar-refractivity contribution in [3.63, 3.8) is 0 Å². The number of benzene rings is 1. The summed E-state index contributed by atoms with van der Waals surface area (Å²) in [5.41, 5.74) is 0.239. The molecule has 1 spiro atoms. The predicted molar refractivity (Wildman–Crippen MR) is 86.3 cm³/mol. The Morgan fingerprint density at radius 3 is 2.40 bits per heavy atom. The van der Waals surface area contributed by atoms with E-state index in [9.17, 15) is 23.5 Å². The molecule has 1 aromatic rings. The summed E-state index contributed by atoms with van der Waals surface area (Å²) in [7, 11) is 0. The molecule has 2 saturated heterocycles. The van der Waals surface area contributed by atoms with Gasteiger partial charge in [-0.25, -0.2) is 8.78 Å². The van der Waals surface area contributed by atoms with Gasteiger partial charge in [-0.3, -0.25) is 9.59 Å². The van der Waals surface area contributed by atoms with Crippen LogP contribution >= 0.6 is 0 Å². The highest BCUT2D eigenvalue weighted by atomic mass is 19.1. The number of hydrogen-bond donors (Lipinski definition) is 1. The summed E-state index contributed by atoms with van der Waals surface area (Å²) < 4.78 is 26.7. The fraction of sp³-hybridized carbons (Fsp3) is 0.556. The topological polar surface area (TPSA) is 60.9 Å². The molecule has 0 aromatic heterocycles. The zero-order valence-corrected chi connectivity index (χ0v) is 14.2. The van der Waals surface area contributed by atoms with Gasteiger partial charge in [-0.2, -0.15) is 0 Å². The van der Waals surface area contributed by atoms with Crippen LogP contribution in [-0.2, 0) is 16.1 Å². The number of rotatable bonds is 3. The number of piperidine rings is 1. The van der Waals surface area contributed by atoms with Gasteiger partial charge < -0.3 is 14.9 Å². The second-order valence-corrected chi connectivity index (χ2v) is 7.21. The first kappa shape index (κ1) is 17.8. The summed E-state index contributed by atoms with van der Waals surface area (Å²) in [6.07, 6.45) is 0.747. The Hall–Kier alpha value is -2.02. The predicted octanol–water partition coefficient (Wildman–Crippen LogP) is 1.69. The van der Waals surface area contributed by atoms with Crippen molar-refractivity contribution in [3.8, 4) is 0 Å². The van der Waals surface area contributed by atoms with Crippen molar-refractivity contribution in [1.82, 2.24) is 9.80 Å². The van der Waals surface area contributed by atoms with E-state index in [2.05, 4.69) is 0 Å². The molecule has 136 valence electrons. The molecule has 0 radical (unpaired) electrons. The van der Waals surface area contributed by atoms with Crippen LogP contribution < -0.4 is 0 Å². The summed E-state index contributed by atoms with van der Waals surface area (Å²) in [6.45, 7) is 3.19. The van der Waals surface area contributed by atoms with Crippen LogP contribution in [-0.4, -0.2) is 52.5 Å². The van der Waals surface area contributed by atoms with Gasteiger partial charge in [0.15, 0.2) is 0 Å². The van der Waals surface area contributed by atoms with Gasteiger partial charge >= 0.3 is 0 Å². The highest BCUT2D eigenvalue weighted by Gasteiger charge is 2.45. The third-order valence-electron chi connectivity index (χ3n) is 5.19. The maximum absolute atomic E-state index is 13.3. The number of halogens is 2. The maximum atomic E-state index is 13.3. The van der Waals surface area contributed by atoms with Gasteiger partial charge in [0.2, 0.25) is 5.91 Å². The monoisotopic (exact) mass is 352 g/mol. The van der Waals surface area contributed by atoms with Crippen molar-refractivity contribution < 1.29 is 23.5 Å². The van der Waals surface area contributed by atoms with E-state index in [-0.39, 0.29) is 23.8 Å². The number of aliphatic hydroxyl groups excluding tert-OH is 1. The van der Waals surface area contributed by atoms with Gasteiger partial charge in [0.05, 0.1) is 0 Å². The molecule has 0 aliphatic carbocycles. The summed E-state index contributed by atoms with van der Waals surface area (Å²) >= 11 is 0. The Morgan fingerprint density at radius 1 is 1.24 bits per heavy atom. The lowest BCUT2D eigenvalue weighted by atomic mass is 9.77. The minimum atomic E-state index is -1.02. The Bertz CT molecular complexity index is 665. The van der Waals surface area contributed by atoms with Crippen molar-refractivity contribution in [1.29, 1.82) is 0 Å². The lowest BCUT2D eigenvalue weighted by molar-refractivity contribution is -0.141. The largest absolute Gasteiger partial charge is 0.384 e. The fourth-order valence-electron chi connectivity index (χ4n) is 3.85. The molecule has 0 bridgehead atoms. The smallest absolute Gasteiger partial charge is 0.251 e. The maximum Gasteiger partial charge on any atom is 0.251 e. The van der Waals surface area contributed by atoms with E-state index in [1.54, 1.807) is 9.80 Å². The third kappa shape index (κ3) is 3.81. The van der Waals surface area contributed by atoms with E-state index in [1.807, 2.05) is 0 Å². The summed E-state index contributed by atoms with van der Waals surface area (Å²) in [4.78, 5) is 27.5. The molecular formula is C18H22F2N2O3. The molecule has 5 nitrogen and oxygen atoms in total. The van der Waals surface area contributed by atoms with Crippen molar-refractivity contribution in [2.45, 2.75) is 38.8 Å². The van der Waals surface area contributed by atoms with Crippen molar-refractivity contribution >= 4 is 11.8 Å². The standard InChI is InChI=1S/C18H22F2N2O3/c1-12(23)17(25)21-4-2-18(3-5-21)9-16(24)22(11-18)10-13-6-14(19)8-15(20)7-13/h6-8,12,23H,2-5,9-11H2,1H3/t12-/m1/s1. The van der Waals surface area contributed by atoms with Gasteiger partial charge in [-0.05, 0) is 37.5 Å². The summed E-state index contributed by atoms with van der Waals surface area (Å²) in [5, 5.41) is 9.41. The van der Waals surface area contributed by atoms with E-state index in [0.29, 0.717) is 44.5 Å². The summed E-state index contributed by atoms with van der Waals surface area (Å²) in [5.74, 6) is -1.62. The second kappa shape index (κ2) is 6.71. The molecule has 1 aromatic carbocycles. The van der Waals surface area contributed by atoms with Gasteiger partial charge in [0.25, 0.3) is 5.91 Å². The quantitative estimate of drug-likeness (QED) is 0.901. The number of carbonyl (C=O) groups excluding carboxylic acids is 2. The van der Waals surface area contributed by atoms with E-state index >= 15 is 0 Å². The number of likely N-dealkylation sites (tertiary alicyclic amines) is 2. The number of carbonyl (C=O) groups is 2. The van der Waals surface area contributed by atoms with Crippen molar-refractivity contribution in [2.75, 3.05) is 19.6 Å². The normalized spacial score (nSPS) is 21.0. The average Bonchev–Trinajstić information content (AvgIpc) is 2.81. The number of amides is 2. The molecule has 7 heteroatoms. The molecule has 1 atom stereocenters. The molecule has 2 aliphatic rings. The molecule has 1 N–H and O–H groups in total. The van der Waals surface area contributed by atoms with Crippen LogP contribution in [0.5, 0.6) is 0 Å². The van der Waals surface area contributed by atoms with Crippen LogP contribution in [0.3, 0.4) is 0 Å². The molecule has 0 saturated carbocycles. The molecule has 2 aliphatic heterocycles. The van der Waals surface area contributed by atoms with Crippen molar-refractivity contribution in [3.05, 3.63) is 35.4 Å². The summed E-state index contributed by atoms with van der Waals surface area (Å²) in [6, 6.07) is 3.29. The molecule has 2 heterocycles. The van der Waals surface area contributed by atoms with Crippen LogP contribution in [0, 0.1) is 17.0 Å². The van der Waals surface area contributed by atoms with Gasteiger partial charge in [-0.1, -0.05) is 0 Å². The van der Waals surface area contributed by atoms with Crippen LogP contribution in [0.15, 0.2) is 18.2 Å². The van der Waals surface area contributed by atoms with Crippen LogP contribution in [0.2, 0.25) is 0 Å². The van der Waals surface area contributed by atoms with E-state index in [0.717, 1.165) is 6.07 Å². The Labute approximate surface area is 145 Å². The fourth-order valence-corrected chi connectivity index (χ4v) is 3.85. The molecular weight excluding hydrogens is 330 g/mol. The first-order valence-electron chi connectivity index (χ1n) is 8.48. The Balaban J connectivity index is 1.64. The number of hydrogen-bond acceptors (Lipinski definition) is 3. The van der Waals surface area contributed by atoms with Gasteiger partial charge in [0, 0.05) is 44.1 Å². The molecule has 2 amide bonds. The SMILES string of the molecule is C[C@@H](O)C(=O)N1CCC2(CC1)CC(=O)N(Cc1cc(F)cc(F)c1)C2. The zero-order chi connectivity index (χ0) is 18.2. The third-order valence-corrected chi connectivity index (χ3v) is 5.19. The number of aliphatic hydroxyl groups is 1. The van der Waals surface area contributed by atoms with Crippen LogP contribution in [0.4, 0.5) is 8.78 Å². The Morgan fingerprint density at radius 2 is 1.84 bits per heavy atom. The first-order chi connectivity index (χ1) is 11.8.